The van der Waals surface area contributed by atoms with Crippen molar-refractivity contribution in [1.82, 2.24) is 0 Å². The maximum absolute atomic E-state index is 11.2. The van der Waals surface area contributed by atoms with Crippen LogP contribution >= 0.6 is 0 Å². The molecule has 104 valence electrons. The molecule has 2 unspecified atom stereocenters. The third kappa shape index (κ3) is 1.54. The molecular weight excluding hydrogens is 307 g/mol. The van der Waals surface area contributed by atoms with Crippen LogP contribution in [0.5, 0.6) is 0 Å². The van der Waals surface area contributed by atoms with Gasteiger partial charge in [0, 0.05) is 0 Å². The van der Waals surface area contributed by atoms with E-state index in [9.17, 15) is 5.11 Å². The number of rotatable bonds is 2. The summed E-state index contributed by atoms with van der Waals surface area (Å²) in [4.78, 5) is 0. The van der Waals surface area contributed by atoms with Gasteiger partial charge in [0.15, 0.2) is 0 Å². The fourth-order valence-electron chi connectivity index (χ4n) is 4.42. The molecule has 2 aromatic rings. The van der Waals surface area contributed by atoms with Gasteiger partial charge < -0.3 is 0 Å². The van der Waals surface area contributed by atoms with E-state index in [4.69, 9.17) is 0 Å². The molecule has 0 aliphatic heterocycles. The van der Waals surface area contributed by atoms with Crippen LogP contribution in [0.2, 0.25) is 5.21 Å². The summed E-state index contributed by atoms with van der Waals surface area (Å²) in [5, 5.41) is 15.0. The quantitative estimate of drug-likeness (QED) is 0.841. The third-order valence-corrected chi connectivity index (χ3v) is 7.11. The van der Waals surface area contributed by atoms with Gasteiger partial charge in [-0.05, 0) is 0 Å². The summed E-state index contributed by atoms with van der Waals surface area (Å²) in [5.74, 6) is 0. The van der Waals surface area contributed by atoms with Crippen molar-refractivity contribution in [1.29, 1.82) is 0 Å². The van der Waals surface area contributed by atoms with Gasteiger partial charge in [-0.3, -0.25) is 0 Å². The first-order valence-corrected chi connectivity index (χ1v) is 9.34. The zero-order chi connectivity index (χ0) is 13.8. The monoisotopic (exact) mass is 328 g/mol. The molecule has 0 radical (unpaired) electrons. The van der Waals surface area contributed by atoms with Crippen molar-refractivity contribution in [3.63, 3.8) is 0 Å². The van der Waals surface area contributed by atoms with Crippen molar-refractivity contribution in [2.45, 2.75) is 48.3 Å². The molecule has 2 aromatic carbocycles. The fourth-order valence-corrected chi connectivity index (χ4v) is 5.98. The number of aliphatic hydroxyl groups is 1. The Bertz CT molecular complexity index is 672. The zero-order valence-corrected chi connectivity index (χ0v) is 14.2. The summed E-state index contributed by atoms with van der Waals surface area (Å²) in [6.07, 6.45) is 5.43. The minimum absolute atomic E-state index is 0.0445. The SMILES string of the molecule is OC1(C2(C[AsH2])Cc3cc4ccccc4cc32)CCCC1. The molecule has 0 heterocycles. The predicted octanol–water partition coefficient (Wildman–Crippen LogP) is 2.99. The summed E-state index contributed by atoms with van der Waals surface area (Å²) < 4.78 is 0. The molecule has 1 N–H and O–H groups in total. The van der Waals surface area contributed by atoms with Crippen molar-refractivity contribution in [2.75, 3.05) is 0 Å². The molecule has 20 heavy (non-hydrogen) atoms. The molecular formula is C18H21AsO. The van der Waals surface area contributed by atoms with Crippen LogP contribution < -0.4 is 0 Å². The topological polar surface area (TPSA) is 20.2 Å². The van der Waals surface area contributed by atoms with Gasteiger partial charge in [-0.2, -0.15) is 0 Å². The van der Waals surface area contributed by atoms with Gasteiger partial charge >= 0.3 is 129 Å². The van der Waals surface area contributed by atoms with E-state index in [1.54, 1.807) is 16.9 Å². The van der Waals surface area contributed by atoms with Crippen molar-refractivity contribution in [2.24, 2.45) is 0 Å². The average molecular weight is 328 g/mol. The van der Waals surface area contributed by atoms with Crippen LogP contribution in [-0.4, -0.2) is 27.6 Å². The van der Waals surface area contributed by atoms with Crippen LogP contribution in [0.1, 0.15) is 36.8 Å². The van der Waals surface area contributed by atoms with Gasteiger partial charge in [0.25, 0.3) is 0 Å². The van der Waals surface area contributed by atoms with Crippen molar-refractivity contribution in [3.8, 4) is 0 Å². The Morgan fingerprint density at radius 2 is 1.70 bits per heavy atom. The first-order valence-electron chi connectivity index (χ1n) is 7.63. The minimum atomic E-state index is -0.445. The van der Waals surface area contributed by atoms with Crippen LogP contribution in [0.25, 0.3) is 10.8 Å². The van der Waals surface area contributed by atoms with Gasteiger partial charge in [-0.25, -0.2) is 0 Å². The van der Waals surface area contributed by atoms with E-state index in [0.29, 0.717) is 0 Å². The Kier molecular flexibility index (Phi) is 2.81. The number of hydrogen-bond donors (Lipinski definition) is 1. The molecule has 2 aliphatic rings. The van der Waals surface area contributed by atoms with Crippen LogP contribution in [0.15, 0.2) is 36.4 Å². The van der Waals surface area contributed by atoms with Crippen molar-refractivity contribution < 1.29 is 5.11 Å². The molecule has 2 atom stereocenters. The summed E-state index contributed by atoms with van der Waals surface area (Å²) in [7, 11) is 0. The van der Waals surface area contributed by atoms with E-state index >= 15 is 0 Å². The molecule has 0 bridgehead atoms. The van der Waals surface area contributed by atoms with Gasteiger partial charge in [-0.15, -0.1) is 0 Å². The van der Waals surface area contributed by atoms with Gasteiger partial charge in [0.2, 0.25) is 0 Å². The van der Waals surface area contributed by atoms with Gasteiger partial charge in [0.05, 0.1) is 0 Å². The zero-order valence-electron chi connectivity index (χ0n) is 11.7. The van der Waals surface area contributed by atoms with Crippen LogP contribution in [0.4, 0.5) is 0 Å². The Morgan fingerprint density at radius 3 is 2.35 bits per heavy atom. The Morgan fingerprint density at radius 1 is 1.05 bits per heavy atom. The molecule has 2 aliphatic carbocycles. The third-order valence-electron chi connectivity index (χ3n) is 5.65. The van der Waals surface area contributed by atoms with Crippen molar-refractivity contribution >= 4 is 27.6 Å². The van der Waals surface area contributed by atoms with Gasteiger partial charge in [0.1, 0.15) is 0 Å². The molecule has 1 nitrogen and oxygen atoms in total. The van der Waals surface area contributed by atoms with E-state index in [1.165, 1.54) is 34.7 Å². The molecule has 0 aromatic heterocycles. The second kappa shape index (κ2) is 4.35. The summed E-state index contributed by atoms with van der Waals surface area (Å²) in [6, 6.07) is 13.3. The molecule has 4 rings (SSSR count). The normalized spacial score (nSPS) is 27.3. The predicted molar refractivity (Wildman–Crippen MR) is 86.1 cm³/mol. The number of benzene rings is 2. The van der Waals surface area contributed by atoms with E-state index in [-0.39, 0.29) is 5.41 Å². The molecule has 2 heteroatoms. The number of hydrogen-bond acceptors (Lipinski definition) is 1. The molecule has 0 amide bonds. The summed E-state index contributed by atoms with van der Waals surface area (Å²) >= 11 is 1.76. The summed E-state index contributed by atoms with van der Waals surface area (Å²) in [5.41, 5.74) is 2.49. The first-order chi connectivity index (χ1) is 9.68. The average Bonchev–Trinajstić information content (AvgIpc) is 2.89. The summed E-state index contributed by atoms with van der Waals surface area (Å²) in [6.45, 7) is 0. The Balaban J connectivity index is 1.88. The molecule has 1 saturated carbocycles. The van der Waals surface area contributed by atoms with Gasteiger partial charge in [-0.1, -0.05) is 0 Å². The van der Waals surface area contributed by atoms with Crippen LogP contribution in [0.3, 0.4) is 0 Å². The van der Waals surface area contributed by atoms with E-state index in [2.05, 4.69) is 36.4 Å². The van der Waals surface area contributed by atoms with Crippen molar-refractivity contribution in [3.05, 3.63) is 47.5 Å². The standard InChI is InChI=1S/C18H21AsO/c19-12-17(18(20)7-3-4-8-18)11-15-9-13-5-1-2-6-14(13)10-16(15)17/h1-2,5-6,9-10,20H,3-4,7-8,11-12,19H2. The van der Waals surface area contributed by atoms with Crippen LogP contribution in [-0.2, 0) is 11.8 Å². The Labute approximate surface area is 128 Å². The Hall–Kier alpha value is -0.782. The van der Waals surface area contributed by atoms with Crippen LogP contribution in [0, 0.1) is 0 Å². The molecule has 0 saturated heterocycles. The molecule has 1 fully saturated rings. The second-order valence-electron chi connectivity index (χ2n) is 6.56. The second-order valence-corrected chi connectivity index (χ2v) is 7.41. The first kappa shape index (κ1) is 12.9. The molecule has 0 spiro atoms. The number of fused-ring (bicyclic) bond motifs is 2. The van der Waals surface area contributed by atoms with E-state index in [0.717, 1.165) is 24.5 Å². The fraction of sp³-hybridized carbons (Fsp3) is 0.444. The van der Waals surface area contributed by atoms with E-state index < -0.39 is 5.60 Å². The maximum atomic E-state index is 11.2. The van der Waals surface area contributed by atoms with E-state index in [1.807, 2.05) is 0 Å².